The number of hydrogen-bond acceptors (Lipinski definition) is 5. The summed E-state index contributed by atoms with van der Waals surface area (Å²) in [4.78, 5) is 38.2. The molecule has 9 heteroatoms. The van der Waals surface area contributed by atoms with Crippen molar-refractivity contribution in [2.75, 3.05) is 0 Å². The van der Waals surface area contributed by atoms with Gasteiger partial charge in [0.15, 0.2) is 0 Å². The highest BCUT2D eigenvalue weighted by Crippen LogP contribution is 2.48. The van der Waals surface area contributed by atoms with E-state index in [2.05, 4.69) is 375 Å². The first kappa shape index (κ1) is 82.9. The molecule has 0 atom stereocenters. The molecular weight excluding hydrogens is 1480 g/mol. The molecule has 0 fully saturated rings. The van der Waals surface area contributed by atoms with E-state index in [1.807, 2.05) is 18.2 Å². The average Bonchev–Trinajstić information content (AvgIpc) is 1.58. The first-order chi connectivity index (χ1) is 57.7. The van der Waals surface area contributed by atoms with Crippen LogP contribution >= 0.6 is 0 Å². The molecule has 0 spiro atoms. The van der Waals surface area contributed by atoms with Crippen molar-refractivity contribution in [3.63, 3.8) is 0 Å². The van der Waals surface area contributed by atoms with Crippen molar-refractivity contribution in [1.29, 1.82) is 5.26 Å². The highest BCUT2D eigenvalue weighted by molar-refractivity contribution is 6.21. The first-order valence-corrected chi connectivity index (χ1v) is 43.1. The molecule has 9 nitrogen and oxygen atoms in total. The molecule has 9 aromatic carbocycles. The van der Waals surface area contributed by atoms with Crippen LogP contribution in [0.3, 0.4) is 0 Å². The molecule has 122 heavy (non-hydrogen) atoms. The Hall–Kier alpha value is -12.8. The first-order valence-electron chi connectivity index (χ1n) is 43.1. The molecule has 0 unspecified atom stereocenters. The van der Waals surface area contributed by atoms with E-state index in [9.17, 15) is 0 Å². The third kappa shape index (κ3) is 15.3. The molecule has 16 bridgehead atoms. The number of aryl methyl sites for hydroxylation is 13. The molecule has 6 aromatic heterocycles. The van der Waals surface area contributed by atoms with Crippen LogP contribution in [0.1, 0.15) is 230 Å². The third-order valence-corrected chi connectivity index (χ3v) is 24.9. The molecule has 15 aromatic rings. The summed E-state index contributed by atoms with van der Waals surface area (Å²) in [6.07, 6.45) is 17.7. The standard InChI is InChI=1S/2C52H52N4.C7H8.C2H3N/c2*1-27-19-29(3)45(30(4)20-27)47-41-15-13-39(53-41)37-25-33(51(7,8)9)23-35-36-24-34(52(10,11)12)26-38(50(36)56-49(35)37)40-14-16-42(54-40)48(44-18-17-43(47)55-44)46-31(5)21-28(2)22-32(46)6;1-7-5-3-2-4-6-7;1-2-3/h2*13-26,55-56H,1-12H3;2-6H,1H3;1H3. The van der Waals surface area contributed by atoms with Crippen molar-refractivity contribution in [2.45, 2.75) is 202 Å². The second kappa shape index (κ2) is 31.0. The number of hydrogen-bond donors (Lipinski definition) is 4. The second-order valence-corrected chi connectivity index (χ2v) is 38.9. The van der Waals surface area contributed by atoms with E-state index in [4.69, 9.17) is 25.2 Å². The van der Waals surface area contributed by atoms with Gasteiger partial charge in [0.2, 0.25) is 0 Å². The van der Waals surface area contributed by atoms with Crippen molar-refractivity contribution in [3.05, 3.63) is 292 Å². The van der Waals surface area contributed by atoms with Crippen molar-refractivity contribution in [3.8, 4) is 50.6 Å². The summed E-state index contributed by atoms with van der Waals surface area (Å²) in [6.45, 7) is 57.7. The monoisotopic (exact) mass is 1600 g/mol. The van der Waals surface area contributed by atoms with Crippen LogP contribution in [0.5, 0.6) is 0 Å². The summed E-state index contributed by atoms with van der Waals surface area (Å²) in [5.74, 6) is 0. The Bertz CT molecular complexity index is 6460. The minimum Gasteiger partial charge on any atom is -0.354 e. The molecule has 612 valence electrons. The Morgan fingerprint density at radius 2 is 0.418 bits per heavy atom. The Morgan fingerprint density at radius 3 is 0.598 bits per heavy atom. The molecule has 19 rings (SSSR count). The molecule has 4 aliphatic rings. The van der Waals surface area contributed by atoms with Gasteiger partial charge in [-0.25, -0.2) is 19.9 Å². The summed E-state index contributed by atoms with van der Waals surface area (Å²) >= 11 is 0. The molecule has 0 radical (unpaired) electrons. The van der Waals surface area contributed by atoms with Crippen LogP contribution in [0, 0.1) is 101 Å². The average molecular weight is 1600 g/mol. The topological polar surface area (TPSA) is 139 Å². The number of benzene rings is 9. The summed E-state index contributed by atoms with van der Waals surface area (Å²) < 4.78 is 0. The minimum absolute atomic E-state index is 0.0696. The van der Waals surface area contributed by atoms with Gasteiger partial charge in [-0.2, -0.15) is 5.26 Å². The SMILES string of the molecule is CC#N.Cc1cc(C)c(-c2c3nc(c4cc(C(C)(C)C)cc5c6cc(C(C)(C)C)cc(c7nc(c(-c8c(C)cc(C)cc8C)c8ccc2[nH]8)C=C7)c6[nH]c45)C=C3)c(C)c1.Cc1cc(C)c(-c2c3nc(c4cc(C(C)(C)C)cc5c6cc(C(C)(C)C)cc(c7nc(c(-c8c(C)cc(C)cc8C)c8ccc2[nH]8)C=C7)c6[nH]c45)C=C3)c(C)c1.Cc1ccccc1. The van der Waals surface area contributed by atoms with Crippen LogP contribution in [-0.4, -0.2) is 39.9 Å². The number of H-pyrrole nitrogens is 4. The van der Waals surface area contributed by atoms with Gasteiger partial charge in [0, 0.05) is 94.3 Å². The Balaban J connectivity index is 0.000000163. The molecular formula is C113H115N9. The summed E-state index contributed by atoms with van der Waals surface area (Å²) in [6, 6.07) is 58.3. The number of aromatic nitrogens is 8. The maximum atomic E-state index is 7.32. The van der Waals surface area contributed by atoms with Gasteiger partial charge >= 0.3 is 0 Å². The molecule has 0 amide bonds. The predicted molar refractivity (Wildman–Crippen MR) is 526 cm³/mol. The summed E-state index contributed by atoms with van der Waals surface area (Å²) in [5.41, 5.74) is 46.6. The van der Waals surface area contributed by atoms with Crippen LogP contribution in [0.25, 0.3) is 180 Å². The molecule has 0 aliphatic carbocycles. The normalized spacial score (nSPS) is 12.7. The van der Waals surface area contributed by atoms with Crippen molar-refractivity contribution in [2.24, 2.45) is 0 Å². The smallest absolute Gasteiger partial charge is 0.0737 e. The number of nitrogens with one attached hydrogen (secondary N) is 4. The van der Waals surface area contributed by atoms with Crippen LogP contribution in [0.15, 0.2) is 152 Å². The van der Waals surface area contributed by atoms with E-state index in [-0.39, 0.29) is 21.7 Å². The number of fused-ring (bicyclic) bond motifs is 18. The van der Waals surface area contributed by atoms with Gasteiger partial charge in [0.1, 0.15) is 0 Å². The fourth-order valence-electron chi connectivity index (χ4n) is 19.2. The van der Waals surface area contributed by atoms with Gasteiger partial charge in [-0.1, -0.05) is 190 Å². The van der Waals surface area contributed by atoms with Crippen LogP contribution in [0.2, 0.25) is 0 Å². The van der Waals surface area contributed by atoms with Gasteiger partial charge in [-0.3, -0.25) is 0 Å². The number of nitrogens with zero attached hydrogens (tertiary/aromatic N) is 5. The lowest BCUT2D eigenvalue weighted by Gasteiger charge is -2.20. The lowest BCUT2D eigenvalue weighted by Crippen LogP contribution is -2.11. The third-order valence-electron chi connectivity index (χ3n) is 24.9. The van der Waals surface area contributed by atoms with Crippen LogP contribution in [0.4, 0.5) is 0 Å². The fraction of sp³-hybridized carbons (Fsp3) is 0.265. The zero-order valence-corrected chi connectivity index (χ0v) is 76.3. The number of rotatable bonds is 4. The van der Waals surface area contributed by atoms with Gasteiger partial charge in [0.25, 0.3) is 0 Å². The summed E-state index contributed by atoms with van der Waals surface area (Å²) in [7, 11) is 0. The van der Waals surface area contributed by atoms with Gasteiger partial charge in [-0.15, -0.1) is 0 Å². The zero-order valence-electron chi connectivity index (χ0n) is 76.3. The lowest BCUT2D eigenvalue weighted by molar-refractivity contribution is 0.591. The molecule has 4 aliphatic heterocycles. The Labute approximate surface area is 720 Å². The molecule has 0 saturated carbocycles. The lowest BCUT2D eigenvalue weighted by atomic mass is 9.84. The van der Waals surface area contributed by atoms with Crippen LogP contribution in [-0.2, 0) is 21.7 Å². The van der Waals surface area contributed by atoms with E-state index >= 15 is 0 Å². The quantitative estimate of drug-likeness (QED) is 0.139. The van der Waals surface area contributed by atoms with E-state index < -0.39 is 0 Å². The number of aromatic amines is 4. The molecule has 10 heterocycles. The Kier molecular flexibility index (Phi) is 21.1. The van der Waals surface area contributed by atoms with Crippen molar-refractivity contribution >= 4 is 136 Å². The van der Waals surface area contributed by atoms with Gasteiger partial charge in [0.05, 0.1) is 73.7 Å². The van der Waals surface area contributed by atoms with E-state index in [0.29, 0.717) is 0 Å². The number of nitriles is 1. The van der Waals surface area contributed by atoms with Gasteiger partial charge < -0.3 is 19.9 Å². The Morgan fingerprint density at radius 1 is 0.230 bits per heavy atom. The second-order valence-electron chi connectivity index (χ2n) is 38.9. The van der Waals surface area contributed by atoms with Crippen molar-refractivity contribution in [1.82, 2.24) is 39.9 Å². The van der Waals surface area contributed by atoms with Crippen molar-refractivity contribution < 1.29 is 0 Å². The molecule has 4 N–H and O–H groups in total. The summed E-state index contributed by atoms with van der Waals surface area (Å²) in [5, 5.41) is 16.7. The largest absolute Gasteiger partial charge is 0.354 e. The van der Waals surface area contributed by atoms with Gasteiger partial charge in [-0.05, 0) is 322 Å². The zero-order chi connectivity index (χ0) is 87.0. The van der Waals surface area contributed by atoms with E-state index in [1.54, 1.807) is 6.07 Å². The predicted octanol–water partition coefficient (Wildman–Crippen LogP) is 30.9. The maximum Gasteiger partial charge on any atom is 0.0737 e. The minimum atomic E-state index is -0.0696. The maximum absolute atomic E-state index is 7.32. The fourth-order valence-corrected chi connectivity index (χ4v) is 19.2. The van der Waals surface area contributed by atoms with E-state index in [1.165, 1.54) is 145 Å². The van der Waals surface area contributed by atoms with Crippen LogP contribution < -0.4 is 0 Å². The van der Waals surface area contributed by atoms with E-state index in [0.717, 1.165) is 133 Å². The highest BCUT2D eigenvalue weighted by Gasteiger charge is 2.29. The highest BCUT2D eigenvalue weighted by atomic mass is 14.8. The molecule has 0 saturated heterocycles.